The zero-order chi connectivity index (χ0) is 31.1. The largest absolute Gasteiger partial charge is 0.490 e. The number of aromatic nitrogens is 2. The second kappa shape index (κ2) is 14.5. The standard InChI is InChI=1S/C14H14BrFN2O2.C12H11BrF4N2O2/c1-8(2)20-13-6-12(11(16)5-10(13)15)18-14(19)4-9(3)7-17-18;1-6(2)21-10-4-9(8(14)3-7(10)13)19-18-5-11(20)12(15,16)17/h4-8H,1-3H3;3-6,19H,1-2H3/b;18-5+. The lowest BCUT2D eigenvalue weighted by Gasteiger charge is -2.14. The number of nitrogens with one attached hydrogen (secondary N) is 1. The van der Waals surface area contributed by atoms with Crippen LogP contribution in [0.1, 0.15) is 33.3 Å². The molecule has 0 aliphatic rings. The molecule has 0 unspecified atom stereocenters. The zero-order valence-electron chi connectivity index (χ0n) is 22.3. The Balaban J connectivity index is 0.000000287. The lowest BCUT2D eigenvalue weighted by atomic mass is 10.2. The second-order valence-corrected chi connectivity index (χ2v) is 10.6. The van der Waals surface area contributed by atoms with Crippen LogP contribution in [0.3, 0.4) is 0 Å². The first-order valence-corrected chi connectivity index (χ1v) is 13.4. The first-order chi connectivity index (χ1) is 19.0. The van der Waals surface area contributed by atoms with E-state index in [1.807, 2.05) is 19.3 Å². The van der Waals surface area contributed by atoms with Crippen molar-refractivity contribution < 1.29 is 36.2 Å². The van der Waals surface area contributed by atoms with E-state index in [9.17, 15) is 31.5 Å². The highest BCUT2D eigenvalue weighted by Crippen LogP contribution is 2.32. The lowest BCUT2D eigenvalue weighted by molar-refractivity contribution is -0.162. The van der Waals surface area contributed by atoms with E-state index in [1.54, 1.807) is 20.8 Å². The van der Waals surface area contributed by atoms with Gasteiger partial charge in [0.05, 0.1) is 39.3 Å². The highest BCUT2D eigenvalue weighted by Gasteiger charge is 2.36. The average molecular weight is 712 g/mol. The van der Waals surface area contributed by atoms with E-state index in [0.717, 1.165) is 16.3 Å². The van der Waals surface area contributed by atoms with Crippen molar-refractivity contribution in [2.75, 3.05) is 5.43 Å². The highest BCUT2D eigenvalue weighted by molar-refractivity contribution is 9.10. The van der Waals surface area contributed by atoms with E-state index in [4.69, 9.17) is 9.47 Å². The molecule has 15 heteroatoms. The van der Waals surface area contributed by atoms with Crippen molar-refractivity contribution >= 4 is 49.5 Å². The van der Waals surface area contributed by atoms with Crippen molar-refractivity contribution in [3.63, 3.8) is 0 Å². The number of hydrogen-bond donors (Lipinski definition) is 1. The number of ketones is 1. The van der Waals surface area contributed by atoms with Gasteiger partial charge < -0.3 is 9.47 Å². The van der Waals surface area contributed by atoms with Crippen LogP contribution in [0, 0.1) is 18.6 Å². The van der Waals surface area contributed by atoms with E-state index < -0.39 is 23.6 Å². The number of rotatable bonds is 8. The van der Waals surface area contributed by atoms with Gasteiger partial charge in [-0.1, -0.05) is 0 Å². The lowest BCUT2D eigenvalue weighted by Crippen LogP contribution is -2.24. The molecule has 8 nitrogen and oxygen atoms in total. The summed E-state index contributed by atoms with van der Waals surface area (Å²) in [5, 5.41) is 7.02. The Kier molecular flexibility index (Phi) is 12.0. The summed E-state index contributed by atoms with van der Waals surface area (Å²) in [5.41, 5.74) is 2.21. The van der Waals surface area contributed by atoms with E-state index in [2.05, 4.69) is 42.1 Å². The molecule has 2 aromatic carbocycles. The van der Waals surface area contributed by atoms with Gasteiger partial charge in [0.25, 0.3) is 11.3 Å². The monoisotopic (exact) mass is 710 g/mol. The molecule has 0 saturated carbocycles. The summed E-state index contributed by atoms with van der Waals surface area (Å²) in [7, 11) is 0. The molecule has 0 spiro atoms. The van der Waals surface area contributed by atoms with E-state index in [-0.39, 0.29) is 41.1 Å². The average Bonchev–Trinajstić information content (AvgIpc) is 2.83. The van der Waals surface area contributed by atoms with Gasteiger partial charge in [-0.15, -0.1) is 0 Å². The van der Waals surface area contributed by atoms with Gasteiger partial charge in [0.15, 0.2) is 0 Å². The van der Waals surface area contributed by atoms with Crippen LogP contribution >= 0.6 is 31.9 Å². The molecule has 3 rings (SSSR count). The summed E-state index contributed by atoms with van der Waals surface area (Å²) < 4.78 is 76.3. The Morgan fingerprint density at radius 3 is 2.02 bits per heavy atom. The maximum absolute atomic E-state index is 14.0. The summed E-state index contributed by atoms with van der Waals surface area (Å²) in [6.45, 7) is 8.99. The van der Waals surface area contributed by atoms with Crippen LogP contribution in [-0.4, -0.2) is 40.2 Å². The number of benzene rings is 2. The minimum atomic E-state index is -5.02. The minimum Gasteiger partial charge on any atom is -0.490 e. The maximum Gasteiger partial charge on any atom is 0.455 e. The second-order valence-electron chi connectivity index (χ2n) is 8.84. The third kappa shape index (κ3) is 10.2. The fourth-order valence-electron chi connectivity index (χ4n) is 2.90. The minimum absolute atomic E-state index is 0.0322. The van der Waals surface area contributed by atoms with Crippen molar-refractivity contribution in [3.05, 3.63) is 73.0 Å². The van der Waals surface area contributed by atoms with Gasteiger partial charge in [-0.05, 0) is 84.2 Å². The Labute approximate surface area is 248 Å². The number of hydrazone groups is 1. The number of halogens is 7. The molecular weight excluding hydrogens is 687 g/mol. The van der Waals surface area contributed by atoms with Crippen molar-refractivity contribution in [2.45, 2.75) is 53.0 Å². The van der Waals surface area contributed by atoms with Crippen molar-refractivity contribution in [2.24, 2.45) is 5.10 Å². The molecule has 3 aromatic rings. The van der Waals surface area contributed by atoms with Gasteiger partial charge in [-0.25, -0.2) is 8.78 Å². The van der Waals surface area contributed by atoms with Crippen LogP contribution in [0.25, 0.3) is 5.69 Å². The predicted molar refractivity (Wildman–Crippen MR) is 151 cm³/mol. The molecule has 1 N–H and O–H groups in total. The third-order valence-electron chi connectivity index (χ3n) is 4.56. The molecule has 0 saturated heterocycles. The maximum atomic E-state index is 14.0. The SMILES string of the molecule is CC(C)Oc1cc(N/N=C/C(=O)C(F)(F)F)c(F)cc1Br.Cc1cnn(-c2cc(OC(C)C)c(Br)cc2F)c(=O)c1. The molecule has 0 amide bonds. The van der Waals surface area contributed by atoms with Gasteiger partial charge in [0, 0.05) is 18.2 Å². The number of anilines is 1. The number of hydrogen-bond acceptors (Lipinski definition) is 7. The zero-order valence-corrected chi connectivity index (χ0v) is 25.5. The summed E-state index contributed by atoms with van der Waals surface area (Å²) in [5.74, 6) is -2.72. The molecule has 222 valence electrons. The molecule has 0 atom stereocenters. The number of ether oxygens (including phenoxy) is 2. The number of carbonyl (C=O) groups is 1. The summed E-state index contributed by atoms with van der Waals surface area (Å²) in [6, 6.07) is 6.41. The molecule has 0 bridgehead atoms. The molecule has 41 heavy (non-hydrogen) atoms. The van der Waals surface area contributed by atoms with Crippen LogP contribution in [0.5, 0.6) is 11.5 Å². The van der Waals surface area contributed by atoms with Gasteiger partial charge >= 0.3 is 6.18 Å². The Morgan fingerprint density at radius 2 is 1.51 bits per heavy atom. The molecule has 1 aromatic heterocycles. The Morgan fingerprint density at radius 1 is 0.976 bits per heavy atom. The van der Waals surface area contributed by atoms with Crippen molar-refractivity contribution in [1.82, 2.24) is 9.78 Å². The molecule has 0 fully saturated rings. The number of carbonyl (C=O) groups excluding carboxylic acids is 1. The fraction of sp³-hybridized carbons (Fsp3) is 0.308. The number of aryl methyl sites for hydroxylation is 1. The van der Waals surface area contributed by atoms with Crippen molar-refractivity contribution in [1.29, 1.82) is 0 Å². The fourth-order valence-corrected chi connectivity index (χ4v) is 3.72. The number of nitrogens with zero attached hydrogens (tertiary/aromatic N) is 3. The van der Waals surface area contributed by atoms with Gasteiger partial charge in [0.1, 0.15) is 28.8 Å². The molecule has 0 aliphatic carbocycles. The number of Topliss-reactive ketones (excluding diaryl/α,β-unsaturated/α-hetero) is 1. The number of alkyl halides is 3. The van der Waals surface area contributed by atoms with Gasteiger partial charge in [-0.2, -0.15) is 28.1 Å². The molecule has 0 aliphatic heterocycles. The summed E-state index contributed by atoms with van der Waals surface area (Å²) in [4.78, 5) is 22.5. The van der Waals surface area contributed by atoms with Gasteiger partial charge in [0.2, 0.25) is 0 Å². The van der Waals surface area contributed by atoms with Crippen LogP contribution in [0.4, 0.5) is 27.6 Å². The van der Waals surface area contributed by atoms with E-state index in [1.165, 1.54) is 30.5 Å². The highest BCUT2D eigenvalue weighted by atomic mass is 79.9. The first kappa shape index (κ1) is 33.9. The molecule has 0 radical (unpaired) electrons. The van der Waals surface area contributed by atoms with E-state index >= 15 is 0 Å². The third-order valence-corrected chi connectivity index (χ3v) is 5.80. The van der Waals surface area contributed by atoms with Crippen molar-refractivity contribution in [3.8, 4) is 17.2 Å². The van der Waals surface area contributed by atoms with Crippen LogP contribution < -0.4 is 20.5 Å². The summed E-state index contributed by atoms with van der Waals surface area (Å²) in [6.07, 6.45) is -3.73. The smallest absolute Gasteiger partial charge is 0.455 e. The molecular formula is C26H25Br2F5N4O4. The summed E-state index contributed by atoms with van der Waals surface area (Å²) >= 11 is 6.33. The van der Waals surface area contributed by atoms with Crippen LogP contribution in [0.2, 0.25) is 0 Å². The van der Waals surface area contributed by atoms with Crippen LogP contribution in [-0.2, 0) is 4.79 Å². The quantitative estimate of drug-likeness (QED) is 0.152. The Hall–Kier alpha value is -3.33. The normalized spacial score (nSPS) is 11.5. The first-order valence-electron chi connectivity index (χ1n) is 11.8. The van der Waals surface area contributed by atoms with Crippen LogP contribution in [0.15, 0.2) is 55.4 Å². The van der Waals surface area contributed by atoms with E-state index in [0.29, 0.717) is 14.7 Å². The predicted octanol–water partition coefficient (Wildman–Crippen LogP) is 7.13. The topological polar surface area (TPSA) is 94.8 Å². The Bertz CT molecular complexity index is 1480. The van der Waals surface area contributed by atoms with Gasteiger partial charge in [-0.3, -0.25) is 15.0 Å². The molecule has 1 heterocycles.